The first-order chi connectivity index (χ1) is 6.79. The van der Waals surface area contributed by atoms with Gasteiger partial charge in [0.2, 0.25) is 5.91 Å². The van der Waals surface area contributed by atoms with Crippen LogP contribution in [0.2, 0.25) is 0 Å². The Morgan fingerprint density at radius 3 is 2.36 bits per heavy atom. The SMILES string of the molecule is CC.CC(=O)NSOc1ccccc1. The normalized spacial score (nSPS) is 8.21. The molecule has 0 aliphatic rings. The first kappa shape index (κ1) is 12.8. The Labute approximate surface area is 89.2 Å². The van der Waals surface area contributed by atoms with Crippen molar-refractivity contribution in [1.82, 2.24) is 4.72 Å². The maximum Gasteiger partial charge on any atom is 0.229 e. The topological polar surface area (TPSA) is 38.3 Å². The molecule has 0 spiro atoms. The summed E-state index contributed by atoms with van der Waals surface area (Å²) < 4.78 is 7.55. The Kier molecular flexibility index (Phi) is 7.74. The van der Waals surface area contributed by atoms with Crippen molar-refractivity contribution in [2.24, 2.45) is 0 Å². The van der Waals surface area contributed by atoms with E-state index in [1.54, 1.807) is 0 Å². The predicted octanol–water partition coefficient (Wildman–Crippen LogP) is 2.79. The molecule has 0 aliphatic heterocycles. The van der Waals surface area contributed by atoms with Gasteiger partial charge in [-0.3, -0.25) is 9.52 Å². The van der Waals surface area contributed by atoms with Gasteiger partial charge in [-0.05, 0) is 12.1 Å². The molecular weight excluding hydrogens is 198 g/mol. The van der Waals surface area contributed by atoms with E-state index in [0.29, 0.717) is 0 Å². The van der Waals surface area contributed by atoms with E-state index in [0.717, 1.165) is 18.0 Å². The summed E-state index contributed by atoms with van der Waals surface area (Å²) in [5.74, 6) is 0.590. The Morgan fingerprint density at radius 2 is 1.86 bits per heavy atom. The minimum atomic E-state index is -0.129. The van der Waals surface area contributed by atoms with Crippen LogP contribution in [0.1, 0.15) is 20.8 Å². The molecule has 0 fully saturated rings. The highest BCUT2D eigenvalue weighted by Crippen LogP contribution is 2.12. The van der Waals surface area contributed by atoms with Gasteiger partial charge in [0.15, 0.2) is 12.2 Å². The van der Waals surface area contributed by atoms with E-state index < -0.39 is 0 Å². The van der Waals surface area contributed by atoms with Crippen LogP contribution in [0, 0.1) is 0 Å². The molecule has 0 atom stereocenters. The van der Waals surface area contributed by atoms with Crippen LogP contribution in [0.5, 0.6) is 5.75 Å². The highest BCUT2D eigenvalue weighted by molar-refractivity contribution is 7.93. The lowest BCUT2D eigenvalue weighted by Crippen LogP contribution is -2.11. The third-order valence-electron chi connectivity index (χ3n) is 1.07. The van der Waals surface area contributed by atoms with Crippen LogP contribution in [0.25, 0.3) is 0 Å². The highest BCUT2D eigenvalue weighted by Gasteiger charge is 1.93. The molecule has 14 heavy (non-hydrogen) atoms. The predicted molar refractivity (Wildman–Crippen MR) is 59.8 cm³/mol. The monoisotopic (exact) mass is 213 g/mol. The first-order valence-electron chi connectivity index (χ1n) is 4.44. The van der Waals surface area contributed by atoms with Gasteiger partial charge in [-0.2, -0.15) is 0 Å². The Bertz CT molecular complexity index is 252. The van der Waals surface area contributed by atoms with Crippen molar-refractivity contribution in [1.29, 1.82) is 0 Å². The molecule has 0 saturated heterocycles. The number of para-hydroxylation sites is 1. The van der Waals surface area contributed by atoms with Crippen LogP contribution >= 0.6 is 12.2 Å². The van der Waals surface area contributed by atoms with E-state index >= 15 is 0 Å². The summed E-state index contributed by atoms with van der Waals surface area (Å²) in [4.78, 5) is 10.4. The summed E-state index contributed by atoms with van der Waals surface area (Å²) in [5, 5.41) is 0. The molecular formula is C10H15NO2S. The number of rotatable bonds is 3. The van der Waals surface area contributed by atoms with Crippen molar-refractivity contribution in [2.45, 2.75) is 20.8 Å². The molecule has 78 valence electrons. The summed E-state index contributed by atoms with van der Waals surface area (Å²) >= 11 is 0.915. The Balaban J connectivity index is 0.000000791. The zero-order valence-corrected chi connectivity index (χ0v) is 9.43. The van der Waals surface area contributed by atoms with Gasteiger partial charge in [0, 0.05) is 6.92 Å². The molecule has 0 saturated carbocycles. The van der Waals surface area contributed by atoms with Gasteiger partial charge in [-0.25, -0.2) is 0 Å². The van der Waals surface area contributed by atoms with Gasteiger partial charge in [-0.15, -0.1) is 0 Å². The quantitative estimate of drug-likeness (QED) is 0.619. The van der Waals surface area contributed by atoms with Crippen LogP contribution in [0.15, 0.2) is 30.3 Å². The fourth-order valence-corrected chi connectivity index (χ4v) is 0.970. The number of hydrogen-bond acceptors (Lipinski definition) is 3. The summed E-state index contributed by atoms with van der Waals surface area (Å²) in [7, 11) is 0. The average Bonchev–Trinajstić information content (AvgIpc) is 2.22. The Hall–Kier alpha value is -1.16. The second-order valence-electron chi connectivity index (χ2n) is 2.14. The van der Waals surface area contributed by atoms with E-state index in [1.807, 2.05) is 44.2 Å². The van der Waals surface area contributed by atoms with Crippen molar-refractivity contribution in [3.63, 3.8) is 0 Å². The first-order valence-corrected chi connectivity index (χ1v) is 5.18. The average molecular weight is 213 g/mol. The molecule has 3 nitrogen and oxygen atoms in total. The van der Waals surface area contributed by atoms with E-state index in [9.17, 15) is 4.79 Å². The summed E-state index contributed by atoms with van der Waals surface area (Å²) in [5.41, 5.74) is 0. The zero-order chi connectivity index (χ0) is 10.8. The van der Waals surface area contributed by atoms with E-state index in [1.165, 1.54) is 6.92 Å². The van der Waals surface area contributed by atoms with Gasteiger partial charge in [-0.1, -0.05) is 32.0 Å². The summed E-state index contributed by atoms with van der Waals surface area (Å²) in [6.45, 7) is 5.43. The fourth-order valence-electron chi connectivity index (χ4n) is 0.604. The van der Waals surface area contributed by atoms with Gasteiger partial charge < -0.3 is 4.18 Å². The van der Waals surface area contributed by atoms with Crippen molar-refractivity contribution in [3.05, 3.63) is 30.3 Å². The van der Waals surface area contributed by atoms with Gasteiger partial charge in [0.05, 0.1) is 0 Å². The smallest absolute Gasteiger partial charge is 0.229 e. The van der Waals surface area contributed by atoms with Gasteiger partial charge in [0.25, 0.3) is 0 Å². The maximum absolute atomic E-state index is 10.4. The number of carbonyl (C=O) groups is 1. The second kappa shape index (κ2) is 8.44. The number of amides is 1. The van der Waals surface area contributed by atoms with Crippen molar-refractivity contribution < 1.29 is 8.98 Å². The molecule has 0 bridgehead atoms. The molecule has 0 heterocycles. The third-order valence-corrected chi connectivity index (χ3v) is 1.71. The molecule has 4 heteroatoms. The number of hydrogen-bond donors (Lipinski definition) is 1. The van der Waals surface area contributed by atoms with Crippen LogP contribution in [0.3, 0.4) is 0 Å². The lowest BCUT2D eigenvalue weighted by molar-refractivity contribution is -0.117. The third kappa shape index (κ3) is 6.37. The zero-order valence-electron chi connectivity index (χ0n) is 8.61. The minimum absolute atomic E-state index is 0.129. The van der Waals surface area contributed by atoms with Crippen molar-refractivity contribution in [3.8, 4) is 5.75 Å². The molecule has 1 aromatic carbocycles. The number of benzene rings is 1. The van der Waals surface area contributed by atoms with Gasteiger partial charge >= 0.3 is 0 Å². The standard InChI is InChI=1S/C8H9NO2S.C2H6/c1-7(10)9-12-11-8-5-3-2-4-6-8;1-2/h2-6H,1H3,(H,9,10);1-2H3. The van der Waals surface area contributed by atoms with Crippen molar-refractivity contribution in [2.75, 3.05) is 0 Å². The van der Waals surface area contributed by atoms with Crippen molar-refractivity contribution >= 4 is 18.1 Å². The molecule has 0 unspecified atom stereocenters. The number of nitrogens with one attached hydrogen (secondary N) is 1. The second-order valence-corrected chi connectivity index (χ2v) is 2.68. The van der Waals surface area contributed by atoms with Gasteiger partial charge in [0.1, 0.15) is 5.75 Å². The molecule has 1 rings (SSSR count). The van der Waals surface area contributed by atoms with E-state index in [2.05, 4.69) is 4.72 Å². The molecule has 0 aliphatic carbocycles. The maximum atomic E-state index is 10.4. The minimum Gasteiger partial charge on any atom is -0.405 e. The Morgan fingerprint density at radius 1 is 1.29 bits per heavy atom. The molecule has 1 aromatic rings. The largest absolute Gasteiger partial charge is 0.405 e. The summed E-state index contributed by atoms with van der Waals surface area (Å²) in [6, 6.07) is 9.26. The molecule has 1 amide bonds. The molecule has 0 aromatic heterocycles. The van der Waals surface area contributed by atoms with Crippen LogP contribution in [0.4, 0.5) is 0 Å². The fraction of sp³-hybridized carbons (Fsp3) is 0.300. The van der Waals surface area contributed by atoms with E-state index in [4.69, 9.17) is 4.18 Å². The van der Waals surface area contributed by atoms with Crippen LogP contribution in [-0.4, -0.2) is 5.91 Å². The highest BCUT2D eigenvalue weighted by atomic mass is 32.2. The molecule has 0 radical (unpaired) electrons. The van der Waals surface area contributed by atoms with Crippen LogP contribution in [-0.2, 0) is 4.79 Å². The van der Waals surface area contributed by atoms with Crippen LogP contribution < -0.4 is 8.91 Å². The molecule has 1 N–H and O–H groups in total. The summed E-state index contributed by atoms with van der Waals surface area (Å²) in [6.07, 6.45) is 0. The lowest BCUT2D eigenvalue weighted by Gasteiger charge is -2.01. The van der Waals surface area contributed by atoms with E-state index in [-0.39, 0.29) is 5.91 Å². The number of carbonyl (C=O) groups excluding carboxylic acids is 1. The lowest BCUT2D eigenvalue weighted by atomic mass is 10.3.